The molecule has 3 heterocycles. The van der Waals surface area contributed by atoms with Crippen molar-refractivity contribution in [1.82, 2.24) is 14.6 Å². The summed E-state index contributed by atoms with van der Waals surface area (Å²) in [6, 6.07) is 13.2. The van der Waals surface area contributed by atoms with Gasteiger partial charge in [-0.25, -0.2) is 0 Å². The molecular weight excluding hydrogens is 286 g/mol. The van der Waals surface area contributed by atoms with Gasteiger partial charge in [0.2, 0.25) is 4.96 Å². The molecule has 0 bridgehead atoms. The normalized spacial score (nSPS) is 12.3. The summed E-state index contributed by atoms with van der Waals surface area (Å²) in [6.07, 6.45) is 3.27. The van der Waals surface area contributed by atoms with Gasteiger partial charge in [-0.15, -0.1) is 5.10 Å². The highest BCUT2D eigenvalue weighted by Gasteiger charge is 2.11. The fourth-order valence-corrected chi connectivity index (χ4v) is 2.93. The molecule has 0 amide bonds. The Kier molecular flexibility index (Phi) is 2.68. The first kappa shape index (κ1) is 12.0. The van der Waals surface area contributed by atoms with E-state index >= 15 is 0 Å². The zero-order valence-electron chi connectivity index (χ0n) is 10.8. The van der Waals surface area contributed by atoms with Crippen molar-refractivity contribution in [3.63, 3.8) is 0 Å². The molecule has 0 unspecified atom stereocenters. The third-order valence-corrected chi connectivity index (χ3v) is 3.99. The number of fused-ring (bicyclic) bond motifs is 1. The van der Waals surface area contributed by atoms with Crippen molar-refractivity contribution in [2.24, 2.45) is 0 Å². The smallest absolute Gasteiger partial charge is 0.291 e. The average Bonchev–Trinajstić information content (AvgIpc) is 3.21. The molecule has 0 fully saturated rings. The van der Waals surface area contributed by atoms with Gasteiger partial charge < -0.3 is 4.42 Å². The highest BCUT2D eigenvalue weighted by molar-refractivity contribution is 7.15. The molecular formula is C15H9N3O2S. The van der Waals surface area contributed by atoms with Crippen LogP contribution in [0.5, 0.6) is 0 Å². The van der Waals surface area contributed by atoms with E-state index in [9.17, 15) is 4.79 Å². The van der Waals surface area contributed by atoms with Crippen molar-refractivity contribution in [2.45, 2.75) is 0 Å². The van der Waals surface area contributed by atoms with Crippen LogP contribution in [0.25, 0.3) is 22.4 Å². The quantitative estimate of drug-likeness (QED) is 0.567. The first-order valence-electron chi connectivity index (χ1n) is 6.31. The van der Waals surface area contributed by atoms with Crippen LogP contribution in [0.2, 0.25) is 0 Å². The van der Waals surface area contributed by atoms with Gasteiger partial charge in [-0.2, -0.15) is 9.50 Å². The monoisotopic (exact) mass is 295 g/mol. The maximum Gasteiger partial charge on any atom is 0.291 e. The number of rotatable bonds is 2. The van der Waals surface area contributed by atoms with Gasteiger partial charge in [0, 0.05) is 11.6 Å². The Hall–Kier alpha value is -2.73. The van der Waals surface area contributed by atoms with Crippen molar-refractivity contribution in [1.29, 1.82) is 0 Å². The fraction of sp³-hybridized carbons (Fsp3) is 0. The van der Waals surface area contributed by atoms with Crippen molar-refractivity contribution in [3.05, 3.63) is 69.4 Å². The molecule has 0 aliphatic heterocycles. The number of hydrogen-bond acceptors (Lipinski definition) is 5. The average molecular weight is 295 g/mol. The van der Waals surface area contributed by atoms with Crippen LogP contribution in [0, 0.1) is 0 Å². The maximum atomic E-state index is 12.3. The lowest BCUT2D eigenvalue weighted by molar-refractivity contribution is 0.556. The molecule has 102 valence electrons. The third kappa shape index (κ3) is 2.05. The molecule has 4 rings (SSSR count). The Morgan fingerprint density at radius 3 is 2.71 bits per heavy atom. The second kappa shape index (κ2) is 4.68. The predicted octanol–water partition coefficient (Wildman–Crippen LogP) is 1.96. The van der Waals surface area contributed by atoms with Crippen LogP contribution in [0.3, 0.4) is 0 Å². The van der Waals surface area contributed by atoms with Gasteiger partial charge in [-0.1, -0.05) is 41.7 Å². The molecule has 0 saturated heterocycles. The Morgan fingerprint density at radius 1 is 1.14 bits per heavy atom. The molecule has 0 radical (unpaired) electrons. The molecule has 6 heteroatoms. The van der Waals surface area contributed by atoms with Gasteiger partial charge in [0.25, 0.3) is 5.56 Å². The second-order valence-corrected chi connectivity index (χ2v) is 5.44. The number of thiazole rings is 1. The highest BCUT2D eigenvalue weighted by Crippen LogP contribution is 2.15. The zero-order valence-corrected chi connectivity index (χ0v) is 11.6. The van der Waals surface area contributed by atoms with Gasteiger partial charge >= 0.3 is 0 Å². The van der Waals surface area contributed by atoms with Crippen molar-refractivity contribution in [2.75, 3.05) is 0 Å². The van der Waals surface area contributed by atoms with Gasteiger partial charge in [0.15, 0.2) is 5.82 Å². The lowest BCUT2D eigenvalue weighted by atomic mass is 10.2. The minimum atomic E-state index is -0.180. The second-order valence-electron chi connectivity index (χ2n) is 4.43. The maximum absolute atomic E-state index is 12.3. The molecule has 0 atom stereocenters. The Morgan fingerprint density at radius 2 is 2.00 bits per heavy atom. The van der Waals surface area contributed by atoms with E-state index < -0.39 is 0 Å². The largest absolute Gasteiger partial charge is 0.465 e. The SMILES string of the molecule is O=c1/c(=C/c2ccco2)sc2nc(-c3ccccc3)nn12. The lowest BCUT2D eigenvalue weighted by Crippen LogP contribution is -2.23. The zero-order chi connectivity index (χ0) is 14.2. The van der Waals surface area contributed by atoms with Crippen LogP contribution < -0.4 is 10.1 Å². The standard InChI is InChI=1S/C15H9N3O2S/c19-14-12(9-11-7-4-8-20-11)21-15-16-13(17-18(14)15)10-5-2-1-3-6-10/h1-9H/b12-9-. The minimum Gasteiger partial charge on any atom is -0.465 e. The molecule has 5 nitrogen and oxygen atoms in total. The summed E-state index contributed by atoms with van der Waals surface area (Å²) < 4.78 is 7.11. The molecule has 21 heavy (non-hydrogen) atoms. The van der Waals surface area contributed by atoms with Crippen LogP contribution in [-0.2, 0) is 0 Å². The summed E-state index contributed by atoms with van der Waals surface area (Å²) in [7, 11) is 0. The van der Waals surface area contributed by atoms with Crippen molar-refractivity contribution in [3.8, 4) is 11.4 Å². The van der Waals surface area contributed by atoms with Crippen LogP contribution in [-0.4, -0.2) is 14.6 Å². The van der Waals surface area contributed by atoms with Crippen LogP contribution in [0.15, 0.2) is 57.9 Å². The molecule has 4 aromatic rings. The van der Waals surface area contributed by atoms with E-state index in [1.807, 2.05) is 30.3 Å². The number of aromatic nitrogens is 3. The predicted molar refractivity (Wildman–Crippen MR) is 80.1 cm³/mol. The summed E-state index contributed by atoms with van der Waals surface area (Å²) in [5.41, 5.74) is 0.713. The molecule has 0 aliphatic rings. The topological polar surface area (TPSA) is 60.4 Å². The number of benzene rings is 1. The molecule has 0 spiro atoms. The minimum absolute atomic E-state index is 0.180. The number of furan rings is 1. The molecule has 3 aromatic heterocycles. The van der Waals surface area contributed by atoms with E-state index in [-0.39, 0.29) is 5.56 Å². The Balaban J connectivity index is 1.87. The number of nitrogens with zero attached hydrogens (tertiary/aromatic N) is 3. The van der Waals surface area contributed by atoms with E-state index in [0.717, 1.165) is 5.56 Å². The fourth-order valence-electron chi connectivity index (χ4n) is 2.05. The Bertz CT molecular complexity index is 1000. The summed E-state index contributed by atoms with van der Waals surface area (Å²) >= 11 is 1.30. The third-order valence-electron chi connectivity index (χ3n) is 3.03. The van der Waals surface area contributed by atoms with E-state index in [0.29, 0.717) is 21.1 Å². The van der Waals surface area contributed by atoms with Crippen molar-refractivity contribution < 1.29 is 4.42 Å². The van der Waals surface area contributed by atoms with Gasteiger partial charge in [-0.3, -0.25) is 4.79 Å². The van der Waals surface area contributed by atoms with Gasteiger partial charge in [-0.05, 0) is 12.1 Å². The van der Waals surface area contributed by atoms with Crippen LogP contribution in [0.4, 0.5) is 0 Å². The molecule has 0 saturated carbocycles. The Labute approximate surface area is 122 Å². The summed E-state index contributed by atoms with van der Waals surface area (Å²) in [5.74, 6) is 1.20. The summed E-state index contributed by atoms with van der Waals surface area (Å²) in [5, 5.41) is 4.29. The first-order valence-corrected chi connectivity index (χ1v) is 7.13. The highest BCUT2D eigenvalue weighted by atomic mass is 32.1. The van der Waals surface area contributed by atoms with Crippen molar-refractivity contribution >= 4 is 22.4 Å². The lowest BCUT2D eigenvalue weighted by Gasteiger charge is -1.91. The van der Waals surface area contributed by atoms with E-state index in [1.54, 1.807) is 24.5 Å². The van der Waals surface area contributed by atoms with E-state index in [4.69, 9.17) is 4.42 Å². The molecule has 0 N–H and O–H groups in total. The molecule has 1 aromatic carbocycles. The molecule has 0 aliphatic carbocycles. The van der Waals surface area contributed by atoms with E-state index in [1.165, 1.54) is 15.9 Å². The van der Waals surface area contributed by atoms with Gasteiger partial charge in [0.1, 0.15) is 10.3 Å². The first-order chi connectivity index (χ1) is 10.3. The van der Waals surface area contributed by atoms with E-state index in [2.05, 4.69) is 10.1 Å². The summed E-state index contributed by atoms with van der Waals surface area (Å²) in [4.78, 5) is 17.3. The van der Waals surface area contributed by atoms with Crippen LogP contribution in [0.1, 0.15) is 5.76 Å². The van der Waals surface area contributed by atoms with Gasteiger partial charge in [0.05, 0.1) is 6.26 Å². The number of hydrogen-bond donors (Lipinski definition) is 0. The summed E-state index contributed by atoms with van der Waals surface area (Å²) in [6.45, 7) is 0. The van der Waals surface area contributed by atoms with Crippen LogP contribution >= 0.6 is 11.3 Å².